The Morgan fingerprint density at radius 3 is 2.19 bits per heavy atom. The van der Waals surface area contributed by atoms with Crippen molar-refractivity contribution in [3.63, 3.8) is 0 Å². The highest BCUT2D eigenvalue weighted by molar-refractivity contribution is 7.92. The summed E-state index contributed by atoms with van der Waals surface area (Å²) in [6.45, 7) is 2.52. The molecule has 2 aromatic carbocycles. The molecular weight excluding hydrogens is 348 g/mol. The summed E-state index contributed by atoms with van der Waals surface area (Å²) in [4.78, 5) is 13.7. The zero-order valence-corrected chi connectivity index (χ0v) is 15.5. The number of benzene rings is 2. The first kappa shape index (κ1) is 18.6. The summed E-state index contributed by atoms with van der Waals surface area (Å²) in [5, 5.41) is -0.366. The molecule has 1 aliphatic rings. The minimum Gasteiger partial charge on any atom is -0.366 e. The second-order valence-electron chi connectivity index (χ2n) is 6.71. The summed E-state index contributed by atoms with van der Waals surface area (Å²) in [6.07, 6.45) is 2.25. The summed E-state index contributed by atoms with van der Waals surface area (Å²) in [5.74, 6) is -0.555. The maximum Gasteiger partial charge on any atom is 0.248 e. The van der Waals surface area contributed by atoms with E-state index in [2.05, 4.69) is 17.0 Å². The number of amides is 1. The van der Waals surface area contributed by atoms with Crippen LogP contribution in [0.15, 0.2) is 59.5 Å². The molecule has 138 valence electrons. The molecule has 3 rings (SSSR count). The molecule has 26 heavy (non-hydrogen) atoms. The van der Waals surface area contributed by atoms with Crippen molar-refractivity contribution in [2.75, 3.05) is 19.6 Å². The average Bonchev–Trinajstić information content (AvgIpc) is 2.67. The van der Waals surface area contributed by atoms with Crippen molar-refractivity contribution in [1.82, 2.24) is 4.90 Å². The maximum absolute atomic E-state index is 12.8. The molecule has 0 aromatic heterocycles. The van der Waals surface area contributed by atoms with Crippen LogP contribution < -0.4 is 5.73 Å². The normalized spacial score (nSPS) is 16.5. The Kier molecular flexibility index (Phi) is 5.74. The Balaban J connectivity index is 1.57. The SMILES string of the molecule is NC(=O)c1ccc(S(=O)(=O)C2CCN(CCc3ccccc3)CC2)cc1. The number of piperidine rings is 1. The van der Waals surface area contributed by atoms with E-state index in [1.54, 1.807) is 0 Å². The molecule has 1 amide bonds. The Labute approximate surface area is 154 Å². The van der Waals surface area contributed by atoms with Gasteiger partial charge in [0.15, 0.2) is 9.84 Å². The summed E-state index contributed by atoms with van der Waals surface area (Å²) in [6, 6.07) is 16.2. The topological polar surface area (TPSA) is 80.5 Å². The van der Waals surface area contributed by atoms with Gasteiger partial charge >= 0.3 is 0 Å². The quantitative estimate of drug-likeness (QED) is 0.843. The largest absolute Gasteiger partial charge is 0.366 e. The number of carbonyl (C=O) groups excluding carboxylic acids is 1. The van der Waals surface area contributed by atoms with Crippen LogP contribution >= 0.6 is 0 Å². The number of hydrogen-bond acceptors (Lipinski definition) is 4. The van der Waals surface area contributed by atoms with Crippen LogP contribution in [0.5, 0.6) is 0 Å². The fourth-order valence-electron chi connectivity index (χ4n) is 3.38. The van der Waals surface area contributed by atoms with Crippen molar-refractivity contribution in [1.29, 1.82) is 0 Å². The first-order valence-electron chi connectivity index (χ1n) is 8.87. The predicted molar refractivity (Wildman–Crippen MR) is 102 cm³/mol. The third kappa shape index (κ3) is 4.31. The number of primary amides is 1. The molecule has 0 aliphatic carbocycles. The number of rotatable bonds is 6. The highest BCUT2D eigenvalue weighted by Gasteiger charge is 2.31. The summed E-state index contributed by atoms with van der Waals surface area (Å²) in [7, 11) is -3.37. The van der Waals surface area contributed by atoms with Gasteiger partial charge in [-0.05, 0) is 62.2 Å². The molecule has 0 saturated carbocycles. The molecule has 0 radical (unpaired) electrons. The first-order chi connectivity index (χ1) is 12.5. The van der Waals surface area contributed by atoms with Gasteiger partial charge in [0, 0.05) is 12.1 Å². The number of likely N-dealkylation sites (tertiary alicyclic amines) is 1. The van der Waals surface area contributed by atoms with E-state index in [1.807, 2.05) is 18.2 Å². The zero-order valence-electron chi connectivity index (χ0n) is 14.7. The lowest BCUT2D eigenvalue weighted by atomic mass is 10.1. The average molecular weight is 372 g/mol. The molecule has 0 unspecified atom stereocenters. The lowest BCUT2D eigenvalue weighted by Gasteiger charge is -2.31. The zero-order chi connectivity index (χ0) is 18.6. The smallest absolute Gasteiger partial charge is 0.248 e. The van der Waals surface area contributed by atoms with Crippen molar-refractivity contribution < 1.29 is 13.2 Å². The van der Waals surface area contributed by atoms with Crippen LogP contribution in [-0.4, -0.2) is 44.1 Å². The van der Waals surface area contributed by atoms with Crippen LogP contribution in [0, 0.1) is 0 Å². The molecule has 6 heteroatoms. The van der Waals surface area contributed by atoms with Crippen LogP contribution in [-0.2, 0) is 16.3 Å². The number of nitrogens with two attached hydrogens (primary N) is 1. The van der Waals surface area contributed by atoms with Crippen LogP contribution in [0.4, 0.5) is 0 Å². The second kappa shape index (κ2) is 8.01. The van der Waals surface area contributed by atoms with E-state index in [4.69, 9.17) is 5.73 Å². The molecule has 0 spiro atoms. The van der Waals surface area contributed by atoms with E-state index in [0.29, 0.717) is 18.4 Å². The fraction of sp³-hybridized carbons (Fsp3) is 0.350. The number of sulfone groups is 1. The third-order valence-electron chi connectivity index (χ3n) is 5.00. The molecule has 1 saturated heterocycles. The molecule has 5 nitrogen and oxygen atoms in total. The van der Waals surface area contributed by atoms with Crippen molar-refractivity contribution in [3.8, 4) is 0 Å². The first-order valence-corrected chi connectivity index (χ1v) is 10.4. The number of carbonyl (C=O) groups is 1. The molecule has 2 N–H and O–H groups in total. The van der Waals surface area contributed by atoms with Crippen molar-refractivity contribution >= 4 is 15.7 Å². The fourth-order valence-corrected chi connectivity index (χ4v) is 5.11. The van der Waals surface area contributed by atoms with Gasteiger partial charge in [-0.25, -0.2) is 8.42 Å². The molecule has 1 fully saturated rings. The van der Waals surface area contributed by atoms with Crippen LogP contribution in [0.2, 0.25) is 0 Å². The van der Waals surface area contributed by atoms with Crippen LogP contribution in [0.1, 0.15) is 28.8 Å². The summed E-state index contributed by atoms with van der Waals surface area (Å²) in [5.41, 5.74) is 6.83. The Morgan fingerprint density at radius 1 is 1.00 bits per heavy atom. The van der Waals surface area contributed by atoms with Crippen LogP contribution in [0.25, 0.3) is 0 Å². The van der Waals surface area contributed by atoms with Gasteiger partial charge in [-0.15, -0.1) is 0 Å². The standard InChI is InChI=1S/C20H24N2O3S/c21-20(23)17-6-8-18(9-7-17)26(24,25)19-11-14-22(15-12-19)13-10-16-4-2-1-3-5-16/h1-9,19H,10-15H2,(H2,21,23). The van der Waals surface area contributed by atoms with Gasteiger partial charge in [0.1, 0.15) is 0 Å². The van der Waals surface area contributed by atoms with Gasteiger partial charge in [-0.1, -0.05) is 30.3 Å². The monoisotopic (exact) mass is 372 g/mol. The Bertz CT molecular complexity index is 840. The van der Waals surface area contributed by atoms with Crippen molar-refractivity contribution in [3.05, 3.63) is 65.7 Å². The van der Waals surface area contributed by atoms with E-state index in [9.17, 15) is 13.2 Å². The van der Waals surface area contributed by atoms with Gasteiger partial charge < -0.3 is 10.6 Å². The molecule has 0 atom stereocenters. The van der Waals surface area contributed by atoms with Crippen molar-refractivity contribution in [2.24, 2.45) is 5.73 Å². The molecule has 2 aromatic rings. The van der Waals surface area contributed by atoms with Gasteiger partial charge in [-0.2, -0.15) is 0 Å². The highest BCUT2D eigenvalue weighted by atomic mass is 32.2. The number of hydrogen-bond donors (Lipinski definition) is 1. The van der Waals surface area contributed by atoms with E-state index in [0.717, 1.165) is 26.1 Å². The minimum absolute atomic E-state index is 0.269. The molecule has 1 aliphatic heterocycles. The number of nitrogens with zero attached hydrogens (tertiary/aromatic N) is 1. The third-order valence-corrected chi connectivity index (χ3v) is 7.28. The van der Waals surface area contributed by atoms with Crippen LogP contribution in [0.3, 0.4) is 0 Å². The van der Waals surface area contributed by atoms with Gasteiger partial charge in [0.25, 0.3) is 0 Å². The Morgan fingerprint density at radius 2 is 1.62 bits per heavy atom. The van der Waals surface area contributed by atoms with E-state index < -0.39 is 15.7 Å². The Hall–Kier alpha value is -2.18. The van der Waals surface area contributed by atoms with E-state index in [-0.39, 0.29) is 10.1 Å². The molecule has 1 heterocycles. The maximum atomic E-state index is 12.8. The van der Waals surface area contributed by atoms with Gasteiger partial charge in [0.2, 0.25) is 5.91 Å². The lowest BCUT2D eigenvalue weighted by molar-refractivity contribution is 0.1000. The molecule has 0 bridgehead atoms. The summed E-state index contributed by atoms with van der Waals surface area (Å²) >= 11 is 0. The van der Waals surface area contributed by atoms with Gasteiger partial charge in [-0.3, -0.25) is 4.79 Å². The minimum atomic E-state index is -3.37. The lowest BCUT2D eigenvalue weighted by Crippen LogP contribution is -2.40. The summed E-state index contributed by atoms with van der Waals surface area (Å²) < 4.78 is 25.6. The van der Waals surface area contributed by atoms with Gasteiger partial charge in [0.05, 0.1) is 10.1 Å². The highest BCUT2D eigenvalue weighted by Crippen LogP contribution is 2.25. The molecular formula is C20H24N2O3S. The second-order valence-corrected chi connectivity index (χ2v) is 8.94. The van der Waals surface area contributed by atoms with E-state index >= 15 is 0 Å². The predicted octanol–water partition coefficient (Wildman–Crippen LogP) is 2.27. The van der Waals surface area contributed by atoms with Crippen molar-refractivity contribution in [2.45, 2.75) is 29.4 Å². The van der Waals surface area contributed by atoms with E-state index in [1.165, 1.54) is 29.8 Å².